The summed E-state index contributed by atoms with van der Waals surface area (Å²) in [5, 5.41) is 0. The van der Waals surface area contributed by atoms with E-state index in [2.05, 4.69) is 9.97 Å². The van der Waals surface area contributed by atoms with Crippen LogP contribution in [0.15, 0.2) is 30.5 Å². The highest BCUT2D eigenvalue weighted by molar-refractivity contribution is 5.82. The number of anilines is 1. The molecule has 0 aliphatic rings. The Kier molecular flexibility index (Phi) is 3.13. The lowest BCUT2D eigenvalue weighted by molar-refractivity contribution is 0.355. The average molecular weight is 284 g/mol. The molecule has 0 fully saturated rings. The van der Waals surface area contributed by atoms with Crippen molar-refractivity contribution < 1.29 is 9.47 Å². The maximum atomic E-state index is 6.13. The van der Waals surface area contributed by atoms with E-state index < -0.39 is 0 Å². The summed E-state index contributed by atoms with van der Waals surface area (Å²) in [5.74, 6) is 1.94. The van der Waals surface area contributed by atoms with Crippen LogP contribution in [0.5, 0.6) is 11.5 Å². The van der Waals surface area contributed by atoms with E-state index in [-0.39, 0.29) is 0 Å². The molecule has 3 rings (SSSR count). The minimum atomic E-state index is 0.575. The fourth-order valence-electron chi connectivity index (χ4n) is 2.35. The molecule has 0 aliphatic heterocycles. The predicted molar refractivity (Wildman–Crippen MR) is 81.5 cm³/mol. The molecule has 0 saturated carbocycles. The van der Waals surface area contributed by atoms with Crippen LogP contribution < -0.4 is 15.2 Å². The Balaban J connectivity index is 2.25. The second kappa shape index (κ2) is 4.97. The van der Waals surface area contributed by atoms with Crippen LogP contribution >= 0.6 is 0 Å². The van der Waals surface area contributed by atoms with E-state index in [9.17, 15) is 0 Å². The van der Waals surface area contributed by atoms with Crippen molar-refractivity contribution in [2.45, 2.75) is 0 Å². The number of nitrogen functional groups attached to an aromatic ring is 1. The zero-order chi connectivity index (χ0) is 15.0. The second-order valence-electron chi connectivity index (χ2n) is 4.64. The molecule has 0 amide bonds. The molecule has 0 atom stereocenters. The standard InChI is InChI=1S/C15H16N4O2/c1-19-14(18-11-5-4-6-17-15(11)19)9-7-12(20-2)13(21-3)8-10(9)16/h4-8H,16H2,1-3H3. The Labute approximate surface area is 122 Å². The number of fused-ring (bicyclic) bond motifs is 1. The Hall–Kier alpha value is -2.76. The molecule has 108 valence electrons. The first-order valence-corrected chi connectivity index (χ1v) is 6.45. The third-order valence-electron chi connectivity index (χ3n) is 3.42. The summed E-state index contributed by atoms with van der Waals surface area (Å²) in [4.78, 5) is 8.93. The third-order valence-corrected chi connectivity index (χ3v) is 3.42. The molecular weight excluding hydrogens is 268 g/mol. The van der Waals surface area contributed by atoms with Crippen molar-refractivity contribution in [3.05, 3.63) is 30.5 Å². The minimum absolute atomic E-state index is 0.575. The van der Waals surface area contributed by atoms with Gasteiger partial charge in [-0.2, -0.15) is 0 Å². The Morgan fingerprint density at radius 2 is 1.86 bits per heavy atom. The number of aryl methyl sites for hydroxylation is 1. The summed E-state index contributed by atoms with van der Waals surface area (Å²) in [6, 6.07) is 7.34. The van der Waals surface area contributed by atoms with Gasteiger partial charge in [0, 0.05) is 30.6 Å². The van der Waals surface area contributed by atoms with Crippen molar-refractivity contribution in [3.63, 3.8) is 0 Å². The third kappa shape index (κ3) is 2.05. The quantitative estimate of drug-likeness (QED) is 0.746. The van der Waals surface area contributed by atoms with Crippen molar-refractivity contribution >= 4 is 16.9 Å². The monoisotopic (exact) mass is 284 g/mol. The number of methoxy groups -OCH3 is 2. The van der Waals surface area contributed by atoms with Crippen LogP contribution in [0, 0.1) is 0 Å². The number of hydrogen-bond acceptors (Lipinski definition) is 5. The molecule has 0 aliphatic carbocycles. The second-order valence-corrected chi connectivity index (χ2v) is 4.64. The molecule has 0 bridgehead atoms. The molecule has 2 N–H and O–H groups in total. The Morgan fingerprint density at radius 1 is 1.14 bits per heavy atom. The SMILES string of the molecule is COc1cc(N)c(-c2nc3cccnc3n2C)cc1OC. The topological polar surface area (TPSA) is 75.2 Å². The van der Waals surface area contributed by atoms with Gasteiger partial charge in [-0.15, -0.1) is 0 Å². The summed E-state index contributed by atoms with van der Waals surface area (Å²) >= 11 is 0. The van der Waals surface area contributed by atoms with Crippen LogP contribution in [0.3, 0.4) is 0 Å². The molecule has 21 heavy (non-hydrogen) atoms. The number of nitrogens with zero attached hydrogens (tertiary/aromatic N) is 3. The number of rotatable bonds is 3. The van der Waals surface area contributed by atoms with Gasteiger partial charge in [0.2, 0.25) is 0 Å². The maximum absolute atomic E-state index is 6.13. The number of benzene rings is 1. The lowest BCUT2D eigenvalue weighted by Crippen LogP contribution is -2.00. The molecule has 0 spiro atoms. The molecule has 0 saturated heterocycles. The number of hydrogen-bond donors (Lipinski definition) is 1. The van der Waals surface area contributed by atoms with Gasteiger partial charge in [-0.1, -0.05) is 0 Å². The summed E-state index contributed by atoms with van der Waals surface area (Å²) in [5.41, 5.74) is 9.12. The van der Waals surface area contributed by atoms with E-state index in [1.165, 1.54) is 0 Å². The normalized spacial score (nSPS) is 10.8. The van der Waals surface area contributed by atoms with Gasteiger partial charge in [0.25, 0.3) is 0 Å². The minimum Gasteiger partial charge on any atom is -0.493 e. The number of pyridine rings is 1. The van der Waals surface area contributed by atoms with E-state index in [1.807, 2.05) is 29.8 Å². The molecule has 1 aromatic carbocycles. The Bertz CT molecular complexity index is 811. The van der Waals surface area contributed by atoms with Crippen LogP contribution in [-0.2, 0) is 7.05 Å². The van der Waals surface area contributed by atoms with E-state index in [0.29, 0.717) is 17.2 Å². The highest BCUT2D eigenvalue weighted by Gasteiger charge is 2.16. The van der Waals surface area contributed by atoms with Crippen LogP contribution in [0.2, 0.25) is 0 Å². The van der Waals surface area contributed by atoms with Gasteiger partial charge in [-0.05, 0) is 18.2 Å². The van der Waals surface area contributed by atoms with Gasteiger partial charge in [0.05, 0.1) is 14.2 Å². The zero-order valence-electron chi connectivity index (χ0n) is 12.1. The lowest BCUT2D eigenvalue weighted by atomic mass is 10.1. The van der Waals surface area contributed by atoms with Crippen molar-refractivity contribution in [1.29, 1.82) is 0 Å². The van der Waals surface area contributed by atoms with Crippen molar-refractivity contribution in [1.82, 2.24) is 14.5 Å². The van der Waals surface area contributed by atoms with Gasteiger partial charge >= 0.3 is 0 Å². The van der Waals surface area contributed by atoms with Gasteiger partial charge < -0.3 is 19.8 Å². The Morgan fingerprint density at radius 3 is 2.52 bits per heavy atom. The van der Waals surface area contributed by atoms with E-state index >= 15 is 0 Å². The first-order chi connectivity index (χ1) is 10.2. The summed E-state index contributed by atoms with van der Waals surface area (Å²) in [7, 11) is 5.08. The van der Waals surface area contributed by atoms with Gasteiger partial charge in [0.1, 0.15) is 11.3 Å². The zero-order valence-corrected chi connectivity index (χ0v) is 12.1. The number of ether oxygens (including phenoxy) is 2. The van der Waals surface area contributed by atoms with Crippen molar-refractivity contribution in [3.8, 4) is 22.9 Å². The first-order valence-electron chi connectivity index (χ1n) is 6.45. The molecule has 6 nitrogen and oxygen atoms in total. The molecule has 6 heteroatoms. The molecular formula is C15H16N4O2. The average Bonchev–Trinajstić information content (AvgIpc) is 2.84. The fourth-order valence-corrected chi connectivity index (χ4v) is 2.35. The lowest BCUT2D eigenvalue weighted by Gasteiger charge is -2.12. The van der Waals surface area contributed by atoms with Gasteiger partial charge in [0.15, 0.2) is 17.1 Å². The number of imidazole rings is 1. The smallest absolute Gasteiger partial charge is 0.162 e. The fraction of sp³-hybridized carbons (Fsp3) is 0.200. The molecule has 2 heterocycles. The van der Waals surface area contributed by atoms with Gasteiger partial charge in [-0.3, -0.25) is 0 Å². The van der Waals surface area contributed by atoms with Crippen LogP contribution in [0.25, 0.3) is 22.6 Å². The van der Waals surface area contributed by atoms with Crippen molar-refractivity contribution in [2.24, 2.45) is 7.05 Å². The maximum Gasteiger partial charge on any atom is 0.162 e. The highest BCUT2D eigenvalue weighted by Crippen LogP contribution is 2.37. The predicted octanol–water partition coefficient (Wildman–Crippen LogP) is 2.23. The van der Waals surface area contributed by atoms with Crippen LogP contribution in [0.1, 0.15) is 0 Å². The molecule has 0 radical (unpaired) electrons. The van der Waals surface area contributed by atoms with Crippen LogP contribution in [0.4, 0.5) is 5.69 Å². The largest absolute Gasteiger partial charge is 0.493 e. The van der Waals surface area contributed by atoms with E-state index in [0.717, 1.165) is 22.6 Å². The van der Waals surface area contributed by atoms with Crippen molar-refractivity contribution in [2.75, 3.05) is 20.0 Å². The first kappa shape index (κ1) is 13.2. The molecule has 2 aromatic heterocycles. The highest BCUT2D eigenvalue weighted by atomic mass is 16.5. The van der Waals surface area contributed by atoms with E-state index in [4.69, 9.17) is 15.2 Å². The van der Waals surface area contributed by atoms with Crippen LogP contribution in [-0.4, -0.2) is 28.8 Å². The number of aromatic nitrogens is 3. The van der Waals surface area contributed by atoms with Gasteiger partial charge in [-0.25, -0.2) is 9.97 Å². The van der Waals surface area contributed by atoms with E-state index in [1.54, 1.807) is 26.5 Å². The summed E-state index contributed by atoms with van der Waals surface area (Å²) < 4.78 is 12.5. The molecule has 0 unspecified atom stereocenters. The molecule has 3 aromatic rings. The summed E-state index contributed by atoms with van der Waals surface area (Å²) in [6.07, 6.45) is 1.74. The summed E-state index contributed by atoms with van der Waals surface area (Å²) in [6.45, 7) is 0. The number of nitrogens with two attached hydrogens (primary N) is 1.